The zero-order chi connectivity index (χ0) is 64.4. The van der Waals surface area contributed by atoms with Crippen LogP contribution in [0.4, 0.5) is 0 Å². The highest BCUT2D eigenvalue weighted by Gasteiger charge is 2.74. The van der Waals surface area contributed by atoms with Gasteiger partial charge in [-0.3, -0.25) is 9.59 Å². The molecule has 29 nitrogen and oxygen atoms in total. The van der Waals surface area contributed by atoms with E-state index >= 15 is 4.79 Å². The van der Waals surface area contributed by atoms with Crippen molar-refractivity contribution in [3.05, 3.63) is 11.6 Å². The molecule has 0 aromatic heterocycles. The van der Waals surface area contributed by atoms with Crippen LogP contribution in [0.2, 0.25) is 0 Å². The lowest BCUT2D eigenvalue weighted by Crippen LogP contribution is -2.71. The number of carboxylic acid groups (broad SMARTS) is 1. The number of fused-ring (bicyclic) bond motifs is 7. The first-order chi connectivity index (χ1) is 41.2. The largest absolute Gasteiger partial charge is 0.481 e. The molecule has 34 atom stereocenters. The summed E-state index contributed by atoms with van der Waals surface area (Å²) in [6, 6.07) is 0. The Balaban J connectivity index is 0.867. The van der Waals surface area contributed by atoms with E-state index in [1.165, 1.54) is 20.8 Å². The summed E-state index contributed by atoms with van der Waals surface area (Å²) in [5.41, 5.74) is -5.21. The number of allylic oxidation sites excluding steroid dienone is 1. The van der Waals surface area contributed by atoms with Gasteiger partial charge in [-0.25, -0.2) is 0 Å². The van der Waals surface area contributed by atoms with Crippen LogP contribution in [0.5, 0.6) is 0 Å². The Kier molecular flexibility index (Phi) is 19.6. The van der Waals surface area contributed by atoms with Crippen molar-refractivity contribution >= 4 is 11.9 Å². The average molecular weight is 1270 g/mol. The van der Waals surface area contributed by atoms with Gasteiger partial charge in [0.05, 0.1) is 55.6 Å². The van der Waals surface area contributed by atoms with Crippen LogP contribution < -0.4 is 0 Å². The second-order valence-electron chi connectivity index (χ2n) is 28.4. The Morgan fingerprint density at radius 2 is 1.09 bits per heavy atom. The van der Waals surface area contributed by atoms with Crippen LogP contribution in [0.1, 0.15) is 106 Å². The normalized spacial score (nSPS) is 54.6. The molecule has 0 bridgehead atoms. The van der Waals surface area contributed by atoms with Gasteiger partial charge in [-0.15, -0.1) is 0 Å². The highest BCUT2D eigenvalue weighted by atomic mass is 16.8. The first kappa shape index (κ1) is 68.5. The SMILES string of the molecule is C[C@@H]1O[C@@H](O[C@H]2[C@H](OC(=O)[C@]34CCC(C)(C)C[C@H]3C3=CC[C@@H]5[C@@]6(C)C[C@H](O)[C@H](O[C@@H]7O[C@H](CO)[C@@H](O)[C@H](O)[C@H]7O)[C@@](C)(C(=O)O)[C@@H]6CC[C@@]5(C)[C@]3(CO)CC4)O[C@H](C)[C@H](O)[C@@H]2O)[C@H](O)[C@H](O)[C@H]1O[C@@H]1OC[C@@H](O)[C@H](O[C@@H]2O[C@H](CO)[C@H](O)[C@H](O)[C@H]2O)[C@H]1O. The van der Waals surface area contributed by atoms with Crippen LogP contribution >= 0.6 is 0 Å². The molecule has 5 saturated heterocycles. The van der Waals surface area contributed by atoms with Crippen molar-refractivity contribution in [1.29, 1.82) is 0 Å². The third-order valence-electron chi connectivity index (χ3n) is 23.1. The number of ether oxygens (including phenoxy) is 10. The van der Waals surface area contributed by atoms with E-state index in [9.17, 15) is 91.6 Å². The maximum Gasteiger partial charge on any atom is 0.315 e. The van der Waals surface area contributed by atoms with Crippen LogP contribution in [0, 0.1) is 50.2 Å². The second kappa shape index (κ2) is 25.1. The van der Waals surface area contributed by atoms with Gasteiger partial charge < -0.3 is 134 Å². The van der Waals surface area contributed by atoms with Crippen molar-refractivity contribution in [3.8, 4) is 0 Å². The van der Waals surface area contributed by atoms with E-state index in [-0.39, 0.29) is 43.6 Å². The van der Waals surface area contributed by atoms with Crippen LogP contribution in [0.25, 0.3) is 0 Å². The molecule has 0 spiro atoms. The van der Waals surface area contributed by atoms with Gasteiger partial charge in [-0.2, -0.15) is 0 Å². The standard InChI is InChI=1S/C59H94O29/c1-22-32(65)37(70)45(86-48-41(74)38(71)43(23(2)81-48)84-47-42(75)44(27(64)20-79-47)85-49-39(72)35(68)33(66)28(18-60)82-49)51(80-22)88-53(78)58-13-12-54(3,4)16-25(58)24-8-9-30-55(5)17-26(63)46(87-50-40(73)36(69)34(67)29(19-61)83-50)57(7,52(76)77)31(55)10-11-56(30,6)59(24,21-62)15-14-58/h8,22-23,25-51,60-75H,9-21H2,1-7H3,(H,76,77)/t22-,23+,25+,26+,27-,28-,29-,30-,31-,32+,33+,34-,35+,36+,37+,38+,39-,40-,41-,42-,43+,44+,45-,46+,47+,48+,49+,50+,51+,55-,56-,57+,58+,59+/m1/s1. The molecule has 0 amide bonds. The van der Waals surface area contributed by atoms with E-state index in [0.29, 0.717) is 32.1 Å². The minimum atomic E-state index is -2.01. The molecule has 10 aliphatic rings. The number of aliphatic hydroxyl groups excluding tert-OH is 16. The molecule has 4 saturated carbocycles. The number of carbonyl (C=O) groups is 2. The highest BCUT2D eigenvalue weighted by molar-refractivity contribution is 5.79. The van der Waals surface area contributed by atoms with Gasteiger partial charge >= 0.3 is 11.9 Å². The number of carbonyl (C=O) groups excluding carboxylic acids is 1. The molecule has 29 heteroatoms. The Labute approximate surface area is 508 Å². The topological polar surface area (TPSA) is 470 Å². The number of esters is 1. The first-order valence-electron chi connectivity index (χ1n) is 30.9. The zero-order valence-electron chi connectivity index (χ0n) is 50.5. The molecule has 88 heavy (non-hydrogen) atoms. The fourth-order valence-corrected chi connectivity index (χ4v) is 17.9. The summed E-state index contributed by atoms with van der Waals surface area (Å²) in [7, 11) is 0. The number of rotatable bonds is 14. The third-order valence-corrected chi connectivity index (χ3v) is 23.1. The molecular weight excluding hydrogens is 1170 g/mol. The molecule has 10 rings (SSSR count). The summed E-state index contributed by atoms with van der Waals surface area (Å²) in [6.45, 7) is 10.2. The van der Waals surface area contributed by atoms with Crippen molar-refractivity contribution in [1.82, 2.24) is 0 Å². The highest BCUT2D eigenvalue weighted by Crippen LogP contribution is 2.76. The van der Waals surface area contributed by atoms with E-state index in [0.717, 1.165) is 5.57 Å². The van der Waals surface area contributed by atoms with Crippen LogP contribution in [-0.4, -0.2) is 285 Å². The summed E-state index contributed by atoms with van der Waals surface area (Å²) in [6.07, 6.45) is -38.4. The Bertz CT molecular complexity index is 2510. The molecule has 0 aromatic carbocycles. The number of hydrogen-bond donors (Lipinski definition) is 17. The van der Waals surface area contributed by atoms with E-state index < -0.39 is 230 Å². The number of aliphatic carboxylic acids is 1. The molecule has 504 valence electrons. The second-order valence-corrected chi connectivity index (χ2v) is 28.4. The van der Waals surface area contributed by atoms with Gasteiger partial charge in [0.25, 0.3) is 0 Å². The van der Waals surface area contributed by atoms with Crippen molar-refractivity contribution in [2.45, 2.75) is 266 Å². The molecule has 9 fully saturated rings. The summed E-state index contributed by atoms with van der Waals surface area (Å²) in [5.74, 6) is -3.55. The van der Waals surface area contributed by atoms with Crippen LogP contribution in [0.15, 0.2) is 11.6 Å². The summed E-state index contributed by atoms with van der Waals surface area (Å²) in [5, 5.41) is 186. The fourth-order valence-electron chi connectivity index (χ4n) is 17.9. The number of hydrogen-bond acceptors (Lipinski definition) is 28. The van der Waals surface area contributed by atoms with E-state index in [2.05, 4.69) is 26.8 Å². The van der Waals surface area contributed by atoms with Gasteiger partial charge in [0.15, 0.2) is 31.3 Å². The van der Waals surface area contributed by atoms with Gasteiger partial charge in [0, 0.05) is 5.41 Å². The smallest absolute Gasteiger partial charge is 0.315 e. The van der Waals surface area contributed by atoms with E-state index in [1.807, 2.05) is 6.92 Å². The monoisotopic (exact) mass is 1270 g/mol. The van der Waals surface area contributed by atoms with Crippen molar-refractivity contribution < 1.29 is 144 Å². The van der Waals surface area contributed by atoms with Gasteiger partial charge in [-0.05, 0) is 113 Å². The third kappa shape index (κ3) is 11.0. The van der Waals surface area contributed by atoms with Crippen LogP contribution in [0.3, 0.4) is 0 Å². The minimum Gasteiger partial charge on any atom is -0.481 e. The maximum atomic E-state index is 15.5. The Morgan fingerprint density at radius 3 is 1.69 bits per heavy atom. The summed E-state index contributed by atoms with van der Waals surface area (Å²) < 4.78 is 59.0. The zero-order valence-corrected chi connectivity index (χ0v) is 50.5. The molecule has 5 heterocycles. The molecule has 0 aromatic rings. The van der Waals surface area contributed by atoms with Gasteiger partial charge in [0.1, 0.15) is 104 Å². The molecule has 5 aliphatic heterocycles. The molecule has 0 unspecified atom stereocenters. The van der Waals surface area contributed by atoms with Crippen molar-refractivity contribution in [2.75, 3.05) is 26.4 Å². The number of carboxylic acids is 1. The van der Waals surface area contributed by atoms with Crippen molar-refractivity contribution in [3.63, 3.8) is 0 Å². The predicted molar refractivity (Wildman–Crippen MR) is 291 cm³/mol. The maximum absolute atomic E-state index is 15.5. The van der Waals surface area contributed by atoms with E-state index in [1.54, 1.807) is 0 Å². The first-order valence-corrected chi connectivity index (χ1v) is 30.9. The lowest BCUT2D eigenvalue weighted by Gasteiger charge is -2.71. The molecule has 17 N–H and O–H groups in total. The van der Waals surface area contributed by atoms with Gasteiger partial charge in [-0.1, -0.05) is 39.3 Å². The summed E-state index contributed by atoms with van der Waals surface area (Å²) >= 11 is 0. The molecular formula is C59H94O29. The predicted octanol–water partition coefficient (Wildman–Crippen LogP) is -4.51. The van der Waals surface area contributed by atoms with Gasteiger partial charge in [0.2, 0.25) is 6.29 Å². The fraction of sp³-hybridized carbons (Fsp3) is 0.932. The van der Waals surface area contributed by atoms with Crippen LogP contribution in [-0.2, 0) is 57.0 Å². The Morgan fingerprint density at radius 1 is 0.545 bits per heavy atom. The summed E-state index contributed by atoms with van der Waals surface area (Å²) in [4.78, 5) is 29.3. The Hall–Kier alpha value is -2.32. The quantitative estimate of drug-likeness (QED) is 0.0443. The molecule has 5 aliphatic carbocycles. The average Bonchev–Trinajstić information content (AvgIpc) is 0.679. The number of aliphatic hydroxyl groups is 16. The molecule has 0 radical (unpaired) electrons. The van der Waals surface area contributed by atoms with E-state index in [4.69, 9.17) is 47.4 Å². The minimum absolute atomic E-state index is 0.0278. The lowest BCUT2D eigenvalue weighted by atomic mass is 9.33. The van der Waals surface area contributed by atoms with Crippen molar-refractivity contribution in [2.24, 2.45) is 50.2 Å². The lowest BCUT2D eigenvalue weighted by molar-refractivity contribution is -0.380.